The van der Waals surface area contributed by atoms with E-state index in [2.05, 4.69) is 0 Å². The predicted octanol–water partition coefficient (Wildman–Crippen LogP) is -0.791. The van der Waals surface area contributed by atoms with Gasteiger partial charge in [-0.25, -0.2) is 0 Å². The van der Waals surface area contributed by atoms with Gasteiger partial charge >= 0.3 is 0 Å². The zero-order valence-corrected chi connectivity index (χ0v) is 6.82. The van der Waals surface area contributed by atoms with Crippen molar-refractivity contribution in [2.75, 3.05) is 13.1 Å². The fraction of sp³-hybridized carbons (Fsp3) is 0.571. The molecule has 0 aromatic heterocycles. The number of carbonyl (C=O) groups is 1. The van der Waals surface area contributed by atoms with E-state index in [9.17, 15) is 4.79 Å². The van der Waals surface area contributed by atoms with Crippen molar-refractivity contribution >= 4 is 5.91 Å². The van der Waals surface area contributed by atoms with Gasteiger partial charge in [0.05, 0.1) is 18.2 Å². The smallest absolute Gasteiger partial charge is 0.240 e. The first kappa shape index (κ1) is 10.4. The summed E-state index contributed by atoms with van der Waals surface area (Å²) in [5.74, 6) is -0.377. The number of nitriles is 2. The first-order valence-corrected chi connectivity index (χ1v) is 3.41. The molecule has 2 N–H and O–H groups in total. The summed E-state index contributed by atoms with van der Waals surface area (Å²) in [6, 6.07) is 2.91. The van der Waals surface area contributed by atoms with E-state index in [1.54, 1.807) is 12.1 Å². The lowest BCUT2D eigenvalue weighted by Crippen LogP contribution is -2.42. The summed E-state index contributed by atoms with van der Waals surface area (Å²) in [5, 5.41) is 16.6. The van der Waals surface area contributed by atoms with Gasteiger partial charge in [-0.1, -0.05) is 0 Å². The van der Waals surface area contributed by atoms with Crippen LogP contribution >= 0.6 is 0 Å². The molecule has 5 nitrogen and oxygen atoms in total. The van der Waals surface area contributed by atoms with Gasteiger partial charge in [-0.05, 0) is 6.92 Å². The number of nitrogens with zero attached hydrogens (tertiary/aromatic N) is 3. The van der Waals surface area contributed by atoms with Crippen LogP contribution in [-0.4, -0.2) is 29.9 Å². The van der Waals surface area contributed by atoms with E-state index in [4.69, 9.17) is 16.3 Å². The molecular formula is C7H10N4O. The van der Waals surface area contributed by atoms with Gasteiger partial charge in [0.15, 0.2) is 0 Å². The molecule has 1 amide bonds. The van der Waals surface area contributed by atoms with Gasteiger partial charge in [0, 0.05) is 0 Å². The Bertz CT molecular complexity index is 219. The van der Waals surface area contributed by atoms with E-state index >= 15 is 0 Å². The Morgan fingerprint density at radius 2 is 1.92 bits per heavy atom. The Labute approximate surface area is 71.0 Å². The van der Waals surface area contributed by atoms with Crippen LogP contribution in [0.3, 0.4) is 0 Å². The average molecular weight is 166 g/mol. The Morgan fingerprint density at radius 1 is 1.50 bits per heavy atom. The van der Waals surface area contributed by atoms with Crippen molar-refractivity contribution in [3.8, 4) is 12.1 Å². The molecule has 0 rings (SSSR count). The van der Waals surface area contributed by atoms with Crippen LogP contribution in [0, 0.1) is 22.7 Å². The van der Waals surface area contributed by atoms with Crippen molar-refractivity contribution in [3.63, 3.8) is 0 Å². The first-order valence-electron chi connectivity index (χ1n) is 3.41. The van der Waals surface area contributed by atoms with Crippen LogP contribution in [0.5, 0.6) is 0 Å². The maximum absolute atomic E-state index is 11.1. The Kier molecular flexibility index (Phi) is 4.43. The van der Waals surface area contributed by atoms with Gasteiger partial charge in [0.25, 0.3) is 0 Å². The number of nitrogens with two attached hydrogens (primary N) is 1. The van der Waals surface area contributed by atoms with Crippen molar-refractivity contribution < 1.29 is 4.79 Å². The highest BCUT2D eigenvalue weighted by molar-refractivity contribution is 5.81. The van der Waals surface area contributed by atoms with Crippen molar-refractivity contribution in [2.45, 2.75) is 13.0 Å². The Balaban J connectivity index is 4.23. The monoisotopic (exact) mass is 166 g/mol. The molecule has 0 aromatic carbocycles. The third-order valence-electron chi connectivity index (χ3n) is 1.22. The molecule has 0 radical (unpaired) electrons. The van der Waals surface area contributed by atoms with Crippen LogP contribution in [-0.2, 0) is 4.79 Å². The molecule has 0 aliphatic heterocycles. The second-order valence-corrected chi connectivity index (χ2v) is 2.30. The first-order chi connectivity index (χ1) is 5.63. The normalized spacial score (nSPS) is 11.0. The molecule has 5 heteroatoms. The maximum Gasteiger partial charge on any atom is 0.240 e. The molecule has 64 valence electrons. The fourth-order valence-corrected chi connectivity index (χ4v) is 0.670. The number of rotatable bonds is 3. The highest BCUT2D eigenvalue weighted by Gasteiger charge is 2.15. The zero-order valence-electron chi connectivity index (χ0n) is 6.82. The van der Waals surface area contributed by atoms with E-state index in [0.29, 0.717) is 0 Å². The van der Waals surface area contributed by atoms with E-state index < -0.39 is 6.04 Å². The highest BCUT2D eigenvalue weighted by atomic mass is 16.2. The highest BCUT2D eigenvalue weighted by Crippen LogP contribution is 1.91. The summed E-state index contributed by atoms with van der Waals surface area (Å²) in [7, 11) is 0. The van der Waals surface area contributed by atoms with Gasteiger partial charge in [-0.3, -0.25) is 4.79 Å². The lowest BCUT2D eigenvalue weighted by molar-refractivity contribution is -0.131. The predicted molar refractivity (Wildman–Crippen MR) is 41.5 cm³/mol. The third kappa shape index (κ3) is 3.00. The minimum Gasteiger partial charge on any atom is -0.320 e. The van der Waals surface area contributed by atoms with Gasteiger partial charge in [-0.2, -0.15) is 10.5 Å². The lowest BCUT2D eigenvalue weighted by Gasteiger charge is -2.17. The third-order valence-corrected chi connectivity index (χ3v) is 1.22. The van der Waals surface area contributed by atoms with E-state index in [1.165, 1.54) is 6.92 Å². The standard InChI is InChI=1S/C7H10N4O/c1-6(10)7(12)11(4-2-8)5-3-9/h6H,4-5,10H2,1H3. The summed E-state index contributed by atoms with van der Waals surface area (Å²) < 4.78 is 0. The second-order valence-electron chi connectivity index (χ2n) is 2.30. The molecular weight excluding hydrogens is 156 g/mol. The van der Waals surface area contributed by atoms with Crippen LogP contribution < -0.4 is 5.73 Å². The molecule has 0 aliphatic rings. The minimum absolute atomic E-state index is 0.0894. The maximum atomic E-state index is 11.1. The second kappa shape index (κ2) is 5.11. The van der Waals surface area contributed by atoms with Crippen molar-refractivity contribution in [1.82, 2.24) is 4.90 Å². The number of carbonyl (C=O) groups excluding carboxylic acids is 1. The Hall–Kier alpha value is -1.59. The van der Waals surface area contributed by atoms with Crippen LogP contribution in [0.1, 0.15) is 6.92 Å². The molecule has 0 bridgehead atoms. The van der Waals surface area contributed by atoms with Crippen molar-refractivity contribution in [1.29, 1.82) is 10.5 Å². The molecule has 0 aliphatic carbocycles. The number of amides is 1. The molecule has 12 heavy (non-hydrogen) atoms. The topological polar surface area (TPSA) is 93.9 Å². The molecule has 1 atom stereocenters. The number of hydrogen-bond donors (Lipinski definition) is 1. The van der Waals surface area contributed by atoms with Crippen LogP contribution in [0.4, 0.5) is 0 Å². The molecule has 0 saturated heterocycles. The van der Waals surface area contributed by atoms with Gasteiger partial charge in [0.2, 0.25) is 5.91 Å². The molecule has 0 spiro atoms. The van der Waals surface area contributed by atoms with Crippen LogP contribution in [0.2, 0.25) is 0 Å². The average Bonchev–Trinajstić information content (AvgIpc) is 2.03. The Morgan fingerprint density at radius 3 is 2.17 bits per heavy atom. The van der Waals surface area contributed by atoms with Crippen LogP contribution in [0.25, 0.3) is 0 Å². The van der Waals surface area contributed by atoms with Gasteiger partial charge in [0.1, 0.15) is 13.1 Å². The van der Waals surface area contributed by atoms with E-state index in [-0.39, 0.29) is 19.0 Å². The summed E-state index contributed by atoms with van der Waals surface area (Å²) >= 11 is 0. The van der Waals surface area contributed by atoms with Crippen LogP contribution in [0.15, 0.2) is 0 Å². The summed E-state index contributed by atoms with van der Waals surface area (Å²) in [4.78, 5) is 12.2. The molecule has 0 aromatic rings. The fourth-order valence-electron chi connectivity index (χ4n) is 0.670. The SMILES string of the molecule is CC(N)C(=O)N(CC#N)CC#N. The largest absolute Gasteiger partial charge is 0.320 e. The molecule has 0 fully saturated rings. The minimum atomic E-state index is -0.660. The summed E-state index contributed by atoms with van der Waals surface area (Å²) in [5.41, 5.74) is 5.29. The molecule has 0 saturated carbocycles. The summed E-state index contributed by atoms with van der Waals surface area (Å²) in [6.45, 7) is 1.34. The molecule has 0 heterocycles. The van der Waals surface area contributed by atoms with Gasteiger partial charge < -0.3 is 10.6 Å². The van der Waals surface area contributed by atoms with Gasteiger partial charge in [-0.15, -0.1) is 0 Å². The van der Waals surface area contributed by atoms with Crippen molar-refractivity contribution in [3.05, 3.63) is 0 Å². The van der Waals surface area contributed by atoms with E-state index in [0.717, 1.165) is 4.90 Å². The quantitative estimate of drug-likeness (QED) is 0.556. The zero-order chi connectivity index (χ0) is 9.56. The lowest BCUT2D eigenvalue weighted by atomic mass is 10.3. The van der Waals surface area contributed by atoms with Crippen molar-refractivity contribution in [2.24, 2.45) is 5.73 Å². The van der Waals surface area contributed by atoms with E-state index in [1.807, 2.05) is 0 Å². The summed E-state index contributed by atoms with van der Waals surface area (Å²) in [6.07, 6.45) is 0. The molecule has 1 unspecified atom stereocenters. The number of hydrogen-bond acceptors (Lipinski definition) is 4.